The fourth-order valence-electron chi connectivity index (χ4n) is 4.13. The zero-order valence-corrected chi connectivity index (χ0v) is 19.7. The number of piperidine rings is 1. The Balaban J connectivity index is 1.34. The van der Waals surface area contributed by atoms with Gasteiger partial charge in [0.25, 0.3) is 0 Å². The van der Waals surface area contributed by atoms with Gasteiger partial charge in [-0.1, -0.05) is 24.3 Å². The van der Waals surface area contributed by atoms with Crippen LogP contribution in [0.5, 0.6) is 11.5 Å². The molecule has 172 valence electrons. The maximum Gasteiger partial charge on any atom is 0.165 e. The summed E-state index contributed by atoms with van der Waals surface area (Å²) in [6, 6.07) is 14.5. The van der Waals surface area contributed by atoms with E-state index in [1.165, 1.54) is 4.70 Å². The van der Waals surface area contributed by atoms with E-state index >= 15 is 0 Å². The van der Waals surface area contributed by atoms with Crippen molar-refractivity contribution < 1.29 is 9.47 Å². The van der Waals surface area contributed by atoms with Gasteiger partial charge in [-0.25, -0.2) is 9.97 Å². The van der Waals surface area contributed by atoms with Gasteiger partial charge in [0.1, 0.15) is 18.8 Å². The Hall–Kier alpha value is -2.97. The molecule has 7 nitrogen and oxygen atoms in total. The van der Waals surface area contributed by atoms with Gasteiger partial charge in [0.2, 0.25) is 0 Å². The maximum absolute atomic E-state index is 6.61. The highest BCUT2D eigenvalue weighted by atomic mass is 32.1. The summed E-state index contributed by atoms with van der Waals surface area (Å²) in [5.74, 6) is 1.68. The Bertz CT molecular complexity index is 1140. The molecule has 3 heterocycles. The second kappa shape index (κ2) is 10.3. The quantitative estimate of drug-likeness (QED) is 0.342. The molecule has 0 aliphatic carbocycles. The van der Waals surface area contributed by atoms with Crippen molar-refractivity contribution in [2.24, 2.45) is 0 Å². The van der Waals surface area contributed by atoms with Gasteiger partial charge in [-0.2, -0.15) is 5.10 Å². The molecule has 2 aromatic heterocycles. The van der Waals surface area contributed by atoms with Crippen LogP contribution in [0.1, 0.15) is 29.8 Å². The molecule has 8 heteroatoms. The molecule has 1 aliphatic rings. The molecule has 5 rings (SSSR count). The zero-order chi connectivity index (χ0) is 22.5. The Labute approximate surface area is 198 Å². The first-order chi connectivity index (χ1) is 16.2. The van der Waals surface area contributed by atoms with Crippen LogP contribution in [0.2, 0.25) is 0 Å². The number of hydrogen-bond donors (Lipinski definition) is 0. The first kappa shape index (κ1) is 21.9. The third-order valence-electron chi connectivity index (χ3n) is 5.95. The molecule has 0 amide bonds. The van der Waals surface area contributed by atoms with E-state index in [0.29, 0.717) is 6.61 Å². The van der Waals surface area contributed by atoms with Crippen LogP contribution < -0.4 is 9.47 Å². The average Bonchev–Trinajstić information content (AvgIpc) is 3.49. The lowest BCUT2D eigenvalue weighted by atomic mass is 10.1. The first-order valence-corrected chi connectivity index (χ1v) is 12.3. The summed E-state index contributed by atoms with van der Waals surface area (Å²) in [5.41, 5.74) is 2.18. The van der Waals surface area contributed by atoms with Crippen LogP contribution >= 0.6 is 11.3 Å². The smallest absolute Gasteiger partial charge is 0.165 e. The lowest BCUT2D eigenvalue weighted by molar-refractivity contribution is 0.109. The topological polar surface area (TPSA) is 65.3 Å². The van der Waals surface area contributed by atoms with Crippen molar-refractivity contribution in [3.05, 3.63) is 65.7 Å². The SMILES string of the molecule is CN1CCC(Oc2c(Cc3nc4ccccc4s3)cccc2OCCCn2cncn2)CC1. The molecule has 1 fully saturated rings. The predicted octanol–water partition coefficient (Wildman–Crippen LogP) is 4.42. The van der Waals surface area contributed by atoms with Crippen LogP contribution in [-0.4, -0.2) is 57.5 Å². The number of rotatable bonds is 9. The Kier molecular flexibility index (Phi) is 6.83. The average molecular weight is 464 g/mol. The lowest BCUT2D eigenvalue weighted by Crippen LogP contribution is -2.35. The molecule has 1 saturated heterocycles. The summed E-state index contributed by atoms with van der Waals surface area (Å²) < 4.78 is 15.9. The van der Waals surface area contributed by atoms with E-state index < -0.39 is 0 Å². The number of nitrogens with zero attached hydrogens (tertiary/aromatic N) is 5. The molecule has 0 spiro atoms. The molecule has 0 atom stereocenters. The molecular weight excluding hydrogens is 434 g/mol. The van der Waals surface area contributed by atoms with Crippen LogP contribution in [0.15, 0.2) is 55.1 Å². The highest BCUT2D eigenvalue weighted by molar-refractivity contribution is 7.18. The standard InChI is InChI=1S/C25H29N5O2S/c1-29-13-10-20(11-14-29)32-25-19(16-24-28-21-7-2-3-9-23(21)33-24)6-4-8-22(25)31-15-5-12-30-18-26-17-27-30/h2-4,6-9,17-18,20H,5,10-16H2,1H3. The van der Waals surface area contributed by atoms with Crippen LogP contribution in [0.25, 0.3) is 10.2 Å². The Morgan fingerprint density at radius 1 is 1.09 bits per heavy atom. The van der Waals surface area contributed by atoms with Crippen LogP contribution in [0, 0.1) is 0 Å². The van der Waals surface area contributed by atoms with Crippen molar-refractivity contribution in [1.29, 1.82) is 0 Å². The van der Waals surface area contributed by atoms with Crippen LogP contribution in [0.3, 0.4) is 0 Å². The molecule has 0 bridgehead atoms. The van der Waals surface area contributed by atoms with Gasteiger partial charge >= 0.3 is 0 Å². The van der Waals surface area contributed by atoms with E-state index in [9.17, 15) is 0 Å². The van der Waals surface area contributed by atoms with Gasteiger partial charge in [0, 0.05) is 38.0 Å². The fraction of sp³-hybridized carbons (Fsp3) is 0.400. The number of fused-ring (bicyclic) bond motifs is 1. The molecule has 0 N–H and O–H groups in total. The summed E-state index contributed by atoms with van der Waals surface area (Å²) in [7, 11) is 2.17. The summed E-state index contributed by atoms with van der Waals surface area (Å²) in [6.07, 6.45) is 7.12. The minimum absolute atomic E-state index is 0.204. The second-order valence-corrected chi connectivity index (χ2v) is 9.59. The molecule has 0 saturated carbocycles. The van der Waals surface area contributed by atoms with Gasteiger partial charge in [-0.05, 0) is 38.1 Å². The monoisotopic (exact) mass is 463 g/mol. The number of likely N-dealkylation sites (tertiary alicyclic amines) is 1. The van der Waals surface area contributed by atoms with Crippen molar-refractivity contribution in [1.82, 2.24) is 24.6 Å². The number of aryl methyl sites for hydroxylation is 1. The molecule has 4 aromatic rings. The summed E-state index contributed by atoms with van der Waals surface area (Å²) in [6.45, 7) is 3.47. The van der Waals surface area contributed by atoms with Gasteiger partial charge in [0.15, 0.2) is 11.5 Å². The Morgan fingerprint density at radius 3 is 2.79 bits per heavy atom. The fourth-order valence-corrected chi connectivity index (χ4v) is 5.12. The number of benzene rings is 2. The molecule has 0 unspecified atom stereocenters. The molecular formula is C25H29N5O2S. The van der Waals surface area contributed by atoms with E-state index in [4.69, 9.17) is 14.5 Å². The minimum Gasteiger partial charge on any atom is -0.490 e. The summed E-state index contributed by atoms with van der Waals surface area (Å²) >= 11 is 1.74. The highest BCUT2D eigenvalue weighted by Crippen LogP contribution is 2.36. The van der Waals surface area contributed by atoms with Gasteiger partial charge in [0.05, 0.1) is 21.8 Å². The second-order valence-electron chi connectivity index (χ2n) is 8.48. The van der Waals surface area contributed by atoms with E-state index in [-0.39, 0.29) is 6.10 Å². The van der Waals surface area contributed by atoms with Crippen LogP contribution in [0.4, 0.5) is 0 Å². The maximum atomic E-state index is 6.61. The van der Waals surface area contributed by atoms with Gasteiger partial charge < -0.3 is 14.4 Å². The molecule has 2 aromatic carbocycles. The highest BCUT2D eigenvalue weighted by Gasteiger charge is 2.22. The van der Waals surface area contributed by atoms with Crippen molar-refractivity contribution in [2.45, 2.75) is 38.3 Å². The minimum atomic E-state index is 0.204. The van der Waals surface area contributed by atoms with Gasteiger partial charge in [-0.3, -0.25) is 4.68 Å². The normalized spacial score (nSPS) is 15.2. The van der Waals surface area contributed by atoms with Crippen molar-refractivity contribution in [3.8, 4) is 11.5 Å². The largest absolute Gasteiger partial charge is 0.490 e. The third-order valence-corrected chi connectivity index (χ3v) is 6.98. The number of thiazole rings is 1. The van der Waals surface area contributed by atoms with Crippen molar-refractivity contribution >= 4 is 21.6 Å². The number of ether oxygens (including phenoxy) is 2. The number of para-hydroxylation sites is 2. The molecule has 0 radical (unpaired) electrons. The van der Waals surface area contributed by atoms with E-state index in [2.05, 4.69) is 52.4 Å². The van der Waals surface area contributed by atoms with Crippen molar-refractivity contribution in [2.75, 3.05) is 26.7 Å². The van der Waals surface area contributed by atoms with Gasteiger partial charge in [-0.15, -0.1) is 11.3 Å². The van der Waals surface area contributed by atoms with Crippen LogP contribution in [-0.2, 0) is 13.0 Å². The predicted molar refractivity (Wildman–Crippen MR) is 130 cm³/mol. The first-order valence-electron chi connectivity index (χ1n) is 11.5. The number of hydrogen-bond acceptors (Lipinski definition) is 7. The third kappa shape index (κ3) is 5.51. The summed E-state index contributed by atoms with van der Waals surface area (Å²) in [5, 5.41) is 5.25. The molecule has 1 aliphatic heterocycles. The van der Waals surface area contributed by atoms with Crippen molar-refractivity contribution in [3.63, 3.8) is 0 Å². The van der Waals surface area contributed by atoms with E-state index in [1.807, 2.05) is 16.8 Å². The lowest BCUT2D eigenvalue weighted by Gasteiger charge is -2.30. The zero-order valence-electron chi connectivity index (χ0n) is 18.9. The number of aromatic nitrogens is 4. The van der Waals surface area contributed by atoms with E-state index in [0.717, 1.165) is 72.9 Å². The summed E-state index contributed by atoms with van der Waals surface area (Å²) in [4.78, 5) is 11.2. The Morgan fingerprint density at radius 2 is 1.97 bits per heavy atom. The molecule has 33 heavy (non-hydrogen) atoms. The van der Waals surface area contributed by atoms with E-state index in [1.54, 1.807) is 24.0 Å².